The minimum absolute atomic E-state index is 0.175. The van der Waals surface area contributed by atoms with Crippen molar-refractivity contribution in [1.29, 1.82) is 0 Å². The Morgan fingerprint density at radius 2 is 1.58 bits per heavy atom. The van der Waals surface area contributed by atoms with E-state index in [1.165, 1.54) is 5.56 Å². The monoisotopic (exact) mass is 165 g/mol. The molecule has 0 radical (unpaired) electrons. The summed E-state index contributed by atoms with van der Waals surface area (Å²) in [6.07, 6.45) is 0. The highest BCUT2D eigenvalue weighted by Crippen LogP contribution is 2.23. The van der Waals surface area contributed by atoms with Gasteiger partial charge in [-0.2, -0.15) is 0 Å². The van der Waals surface area contributed by atoms with Crippen LogP contribution in [0.2, 0.25) is 0 Å². The second-order valence-corrected chi connectivity index (χ2v) is 3.94. The Morgan fingerprint density at radius 1 is 1.08 bits per heavy atom. The Kier molecular flexibility index (Phi) is 2.38. The molecule has 12 heavy (non-hydrogen) atoms. The highest BCUT2D eigenvalue weighted by atomic mass is 16.5. The first kappa shape index (κ1) is 9.07. The topological polar surface area (TPSA) is 32.3 Å². The second kappa shape index (κ2) is 3.15. The van der Waals surface area contributed by atoms with Gasteiger partial charge in [0.05, 0.1) is 5.69 Å². The van der Waals surface area contributed by atoms with Crippen molar-refractivity contribution in [2.24, 2.45) is 0 Å². The molecule has 0 atom stereocenters. The fourth-order valence-corrected chi connectivity index (χ4v) is 1.04. The Morgan fingerprint density at radius 3 is 1.92 bits per heavy atom. The molecule has 2 nitrogen and oxygen atoms in total. The molecule has 66 valence electrons. The molecule has 0 aliphatic heterocycles. The zero-order valence-corrected chi connectivity index (χ0v) is 7.76. The summed E-state index contributed by atoms with van der Waals surface area (Å²) in [5.41, 5.74) is 4.27. The molecule has 1 rings (SSSR count). The Balaban J connectivity index is 2.93. The van der Waals surface area contributed by atoms with Crippen molar-refractivity contribution in [2.45, 2.75) is 26.2 Å². The van der Waals surface area contributed by atoms with Gasteiger partial charge in [0, 0.05) is 0 Å². The predicted molar refractivity (Wildman–Crippen MR) is 50.6 cm³/mol. The zero-order valence-electron chi connectivity index (χ0n) is 7.76. The third-order valence-electron chi connectivity index (χ3n) is 1.88. The molecular formula is C10H15NO. The van der Waals surface area contributed by atoms with E-state index < -0.39 is 0 Å². The highest BCUT2D eigenvalue weighted by Gasteiger charge is 2.12. The van der Waals surface area contributed by atoms with Gasteiger partial charge in [-0.15, -0.1) is 0 Å². The van der Waals surface area contributed by atoms with E-state index in [4.69, 9.17) is 5.21 Å². The van der Waals surface area contributed by atoms with Crippen LogP contribution in [0.3, 0.4) is 0 Å². The molecule has 2 heteroatoms. The van der Waals surface area contributed by atoms with Gasteiger partial charge in [-0.05, 0) is 23.1 Å². The van der Waals surface area contributed by atoms with Gasteiger partial charge < -0.3 is 0 Å². The van der Waals surface area contributed by atoms with Crippen LogP contribution in [-0.4, -0.2) is 5.21 Å². The van der Waals surface area contributed by atoms with Crippen molar-refractivity contribution in [1.82, 2.24) is 0 Å². The lowest BCUT2D eigenvalue weighted by atomic mass is 9.87. The molecular weight excluding hydrogens is 150 g/mol. The van der Waals surface area contributed by atoms with E-state index in [0.29, 0.717) is 0 Å². The smallest absolute Gasteiger partial charge is 0.0602 e. The van der Waals surface area contributed by atoms with Gasteiger partial charge in [-0.1, -0.05) is 32.9 Å². The first-order valence-electron chi connectivity index (χ1n) is 4.04. The summed E-state index contributed by atoms with van der Waals surface area (Å²) in [6, 6.07) is 7.75. The lowest BCUT2D eigenvalue weighted by Gasteiger charge is -2.18. The van der Waals surface area contributed by atoms with E-state index >= 15 is 0 Å². The van der Waals surface area contributed by atoms with Crippen LogP contribution in [0.4, 0.5) is 5.69 Å². The first-order chi connectivity index (χ1) is 5.54. The summed E-state index contributed by atoms with van der Waals surface area (Å²) in [5, 5.41) is 8.58. The van der Waals surface area contributed by atoms with Gasteiger partial charge in [0.1, 0.15) is 0 Å². The molecule has 0 heterocycles. The summed E-state index contributed by atoms with van der Waals surface area (Å²) < 4.78 is 0. The normalized spacial score (nSPS) is 11.3. The van der Waals surface area contributed by atoms with Crippen molar-refractivity contribution in [2.75, 3.05) is 5.48 Å². The molecule has 0 unspecified atom stereocenters. The van der Waals surface area contributed by atoms with Crippen LogP contribution in [0.5, 0.6) is 0 Å². The van der Waals surface area contributed by atoms with E-state index in [1.54, 1.807) is 0 Å². The molecule has 0 bridgehead atoms. The van der Waals surface area contributed by atoms with Crippen molar-refractivity contribution in [3.05, 3.63) is 29.8 Å². The molecule has 0 amide bonds. The zero-order chi connectivity index (χ0) is 9.19. The Bertz CT molecular complexity index is 246. The molecule has 0 spiro atoms. The van der Waals surface area contributed by atoms with Gasteiger partial charge in [-0.3, -0.25) is 10.7 Å². The van der Waals surface area contributed by atoms with Gasteiger partial charge in [0.2, 0.25) is 0 Å². The summed E-state index contributed by atoms with van der Waals surface area (Å²) in [4.78, 5) is 0. The summed E-state index contributed by atoms with van der Waals surface area (Å²) in [7, 11) is 0. The standard InChI is InChI=1S/C10H15NO/c1-10(2,3)8-4-6-9(11-12)7-5-8/h4-7,11-12H,1-3H3. The molecule has 2 N–H and O–H groups in total. The highest BCUT2D eigenvalue weighted by molar-refractivity contribution is 5.43. The van der Waals surface area contributed by atoms with E-state index in [0.717, 1.165) is 5.69 Å². The SMILES string of the molecule is CC(C)(C)c1ccc(NO)cc1. The van der Waals surface area contributed by atoms with Gasteiger partial charge in [0.15, 0.2) is 0 Å². The molecule has 0 saturated heterocycles. The molecule has 1 aromatic rings. The Labute approximate surface area is 73.2 Å². The summed E-state index contributed by atoms with van der Waals surface area (Å²) >= 11 is 0. The van der Waals surface area contributed by atoms with Crippen LogP contribution >= 0.6 is 0 Å². The van der Waals surface area contributed by atoms with Crippen LogP contribution in [0.25, 0.3) is 0 Å². The van der Waals surface area contributed by atoms with Crippen molar-refractivity contribution in [3.8, 4) is 0 Å². The number of hydrogen-bond donors (Lipinski definition) is 2. The number of anilines is 1. The van der Waals surface area contributed by atoms with Crippen molar-refractivity contribution < 1.29 is 5.21 Å². The lowest BCUT2D eigenvalue weighted by Crippen LogP contribution is -2.10. The third kappa shape index (κ3) is 1.98. The maximum Gasteiger partial charge on any atom is 0.0602 e. The van der Waals surface area contributed by atoms with E-state index in [1.807, 2.05) is 24.3 Å². The minimum atomic E-state index is 0.175. The van der Waals surface area contributed by atoms with Crippen LogP contribution in [-0.2, 0) is 5.41 Å². The third-order valence-corrected chi connectivity index (χ3v) is 1.88. The molecule has 1 aromatic carbocycles. The summed E-state index contributed by atoms with van der Waals surface area (Å²) in [6.45, 7) is 6.48. The second-order valence-electron chi connectivity index (χ2n) is 3.94. The average Bonchev–Trinajstić information content (AvgIpc) is 2.03. The van der Waals surface area contributed by atoms with Crippen molar-refractivity contribution >= 4 is 5.69 Å². The van der Waals surface area contributed by atoms with Crippen LogP contribution in [0.15, 0.2) is 24.3 Å². The molecule has 0 fully saturated rings. The number of hydrogen-bond acceptors (Lipinski definition) is 2. The molecule has 0 aliphatic rings. The van der Waals surface area contributed by atoms with Gasteiger partial charge in [0.25, 0.3) is 0 Å². The van der Waals surface area contributed by atoms with Crippen LogP contribution < -0.4 is 5.48 Å². The molecule has 0 saturated carbocycles. The lowest BCUT2D eigenvalue weighted by molar-refractivity contribution is 0.389. The fourth-order valence-electron chi connectivity index (χ4n) is 1.04. The molecule has 0 aromatic heterocycles. The Hall–Kier alpha value is -1.02. The maximum absolute atomic E-state index is 8.58. The quantitative estimate of drug-likeness (QED) is 0.627. The number of nitrogens with one attached hydrogen (secondary N) is 1. The minimum Gasteiger partial charge on any atom is -0.291 e. The predicted octanol–water partition coefficient (Wildman–Crippen LogP) is 2.79. The van der Waals surface area contributed by atoms with E-state index in [2.05, 4.69) is 26.3 Å². The largest absolute Gasteiger partial charge is 0.291 e. The fraction of sp³-hybridized carbons (Fsp3) is 0.400. The van der Waals surface area contributed by atoms with Gasteiger partial charge in [-0.25, -0.2) is 0 Å². The van der Waals surface area contributed by atoms with E-state index in [-0.39, 0.29) is 5.41 Å². The molecule has 0 aliphatic carbocycles. The number of rotatable bonds is 1. The maximum atomic E-state index is 8.58. The van der Waals surface area contributed by atoms with Crippen LogP contribution in [0, 0.1) is 0 Å². The first-order valence-corrected chi connectivity index (χ1v) is 4.04. The van der Waals surface area contributed by atoms with Crippen LogP contribution in [0.1, 0.15) is 26.3 Å². The number of benzene rings is 1. The summed E-state index contributed by atoms with van der Waals surface area (Å²) in [5.74, 6) is 0. The van der Waals surface area contributed by atoms with E-state index in [9.17, 15) is 0 Å². The van der Waals surface area contributed by atoms with Crippen molar-refractivity contribution in [3.63, 3.8) is 0 Å². The van der Waals surface area contributed by atoms with Gasteiger partial charge >= 0.3 is 0 Å². The average molecular weight is 165 g/mol.